The second-order valence-corrected chi connectivity index (χ2v) is 1.75. The van der Waals surface area contributed by atoms with E-state index in [2.05, 4.69) is 11.2 Å². The Bertz CT molecular complexity index is 126. The van der Waals surface area contributed by atoms with Gasteiger partial charge in [0, 0.05) is 32.7 Å². The van der Waals surface area contributed by atoms with Crippen LogP contribution >= 0.6 is 0 Å². The summed E-state index contributed by atoms with van der Waals surface area (Å²) in [6.07, 6.45) is 8.10. The fourth-order valence-electron chi connectivity index (χ4n) is 0.282. The van der Waals surface area contributed by atoms with Gasteiger partial charge in [-0.1, -0.05) is 12.5 Å². The Balaban J connectivity index is 0. The van der Waals surface area contributed by atoms with Crippen molar-refractivity contribution in [1.29, 1.82) is 0 Å². The molecule has 0 fully saturated rings. The summed E-state index contributed by atoms with van der Waals surface area (Å²) < 4.78 is 1.83. The molecule has 0 aliphatic carbocycles. The van der Waals surface area contributed by atoms with Gasteiger partial charge in [0.1, 0.15) is 0 Å². The average Bonchev–Trinajstić information content (AvgIpc) is 2.20. The van der Waals surface area contributed by atoms with Crippen LogP contribution in [0.4, 0.5) is 0 Å². The molecule has 1 aromatic heterocycles. The van der Waals surface area contributed by atoms with E-state index >= 15 is 0 Å². The van der Waals surface area contributed by atoms with E-state index in [9.17, 15) is 0 Å². The average molecular weight is 213 g/mol. The normalized spacial score (nSPS) is 7.10. The third-order valence-corrected chi connectivity index (χ3v) is 0.576. The molecule has 55 valence electrons. The van der Waals surface area contributed by atoms with Crippen LogP contribution in [-0.2, 0) is 39.8 Å². The van der Waals surface area contributed by atoms with Gasteiger partial charge in [0.05, 0.1) is 0 Å². The monoisotopic (exact) mass is 213 g/mol. The Morgan fingerprint density at radius 2 is 2.00 bits per heavy atom. The van der Waals surface area contributed by atoms with Crippen LogP contribution in [0.5, 0.6) is 0 Å². The van der Waals surface area contributed by atoms with Crippen molar-refractivity contribution in [2.24, 2.45) is 7.05 Å². The molecule has 0 saturated carbocycles. The van der Waals surface area contributed by atoms with E-state index in [4.69, 9.17) is 0 Å². The number of nitrogens with zero attached hydrogens (tertiary/aromatic N) is 2. The molecule has 0 N–H and O–H groups in total. The summed E-state index contributed by atoms with van der Waals surface area (Å²) in [6, 6.07) is 0. The second kappa shape index (κ2) is 9.31. The number of aromatic nitrogens is 2. The van der Waals surface area contributed by atoms with Gasteiger partial charge < -0.3 is 16.0 Å². The molecule has 0 aliphatic rings. The first kappa shape index (κ1) is 12.9. The zero-order valence-electron chi connectivity index (χ0n) is 6.70. The topological polar surface area (TPSA) is 17.8 Å². The van der Waals surface area contributed by atoms with Crippen LogP contribution in [0.25, 0.3) is 0 Å². The van der Waals surface area contributed by atoms with Crippen LogP contribution in [-0.4, -0.2) is 9.55 Å². The van der Waals surface area contributed by atoms with Crippen LogP contribution < -0.4 is 0 Å². The van der Waals surface area contributed by atoms with Crippen molar-refractivity contribution >= 4 is 0 Å². The van der Waals surface area contributed by atoms with Gasteiger partial charge in [0.2, 0.25) is 0 Å². The van der Waals surface area contributed by atoms with Crippen LogP contribution in [0.3, 0.4) is 0 Å². The Hall–Kier alpha value is 0.314. The minimum absolute atomic E-state index is 0. The van der Waals surface area contributed by atoms with E-state index in [1.165, 1.54) is 0 Å². The molecule has 0 spiro atoms. The number of hydrogen-bond acceptors (Lipinski definition) is 1. The van der Waals surface area contributed by atoms with E-state index in [0.29, 0.717) is 0 Å². The molecule has 1 radical (unpaired) electrons. The maximum atomic E-state index is 3.66. The molecule has 0 saturated heterocycles. The van der Waals surface area contributed by atoms with E-state index in [1.807, 2.05) is 31.9 Å². The Morgan fingerprint density at radius 3 is 2.10 bits per heavy atom. The molecule has 0 atom stereocenters. The standard InChI is InChI=1S/C4H5N2.C3H7.Y/c1-6-3-2-5-4-6;1-3-2;/h3-4H,1H3;3H,1-2H3;/q2*-1;. The molecule has 3 heteroatoms. The third-order valence-electron chi connectivity index (χ3n) is 0.576. The molecule has 0 aromatic carbocycles. The molecule has 1 aromatic rings. The minimum atomic E-state index is 0. The molecular formula is C7H12N2Y-2. The smallest absolute Gasteiger partial charge is 0 e. The van der Waals surface area contributed by atoms with E-state index in [0.717, 1.165) is 0 Å². The van der Waals surface area contributed by atoms with Gasteiger partial charge in [0.15, 0.2) is 0 Å². The first-order valence-corrected chi connectivity index (χ1v) is 2.89. The van der Waals surface area contributed by atoms with Gasteiger partial charge in [-0.25, -0.2) is 0 Å². The summed E-state index contributed by atoms with van der Waals surface area (Å²) in [5.41, 5.74) is 0. The van der Waals surface area contributed by atoms with Gasteiger partial charge in [0.25, 0.3) is 0 Å². The van der Waals surface area contributed by atoms with Crippen molar-refractivity contribution in [3.63, 3.8) is 0 Å². The molecule has 10 heavy (non-hydrogen) atoms. The van der Waals surface area contributed by atoms with Crippen molar-refractivity contribution in [2.45, 2.75) is 13.8 Å². The molecule has 0 unspecified atom stereocenters. The molecule has 0 bridgehead atoms. The first-order chi connectivity index (χ1) is 4.31. The number of aryl methyl sites for hydroxylation is 1. The summed E-state index contributed by atoms with van der Waals surface area (Å²) in [7, 11) is 1.91. The second-order valence-electron chi connectivity index (χ2n) is 1.75. The summed E-state index contributed by atoms with van der Waals surface area (Å²) in [6.45, 7) is 4.00. The molecule has 1 heterocycles. The van der Waals surface area contributed by atoms with Gasteiger partial charge in [-0.2, -0.15) is 13.8 Å². The van der Waals surface area contributed by atoms with Crippen LogP contribution in [0.2, 0.25) is 0 Å². The summed E-state index contributed by atoms with van der Waals surface area (Å²) in [4.78, 5) is 3.66. The predicted octanol–water partition coefficient (Wildman–Crippen LogP) is 1.45. The minimum Gasteiger partial charge on any atom is -0.442 e. The number of imidazole rings is 1. The molecule has 0 aliphatic heterocycles. The molecule has 2 nitrogen and oxygen atoms in total. The first-order valence-electron chi connectivity index (χ1n) is 2.89. The quantitative estimate of drug-likeness (QED) is 0.596. The number of rotatable bonds is 0. The maximum Gasteiger partial charge on any atom is 0 e. The molecule has 0 amide bonds. The third kappa shape index (κ3) is 8.31. The van der Waals surface area contributed by atoms with Crippen molar-refractivity contribution in [3.8, 4) is 0 Å². The molecular weight excluding hydrogens is 201 g/mol. The Morgan fingerprint density at radius 1 is 1.50 bits per heavy atom. The zero-order chi connectivity index (χ0) is 7.11. The fraction of sp³-hybridized carbons (Fsp3) is 0.429. The van der Waals surface area contributed by atoms with Gasteiger partial charge in [-0.3, -0.25) is 0 Å². The van der Waals surface area contributed by atoms with Gasteiger partial charge in [-0.05, 0) is 7.05 Å². The summed E-state index contributed by atoms with van der Waals surface area (Å²) in [5, 5.41) is 0. The summed E-state index contributed by atoms with van der Waals surface area (Å²) >= 11 is 0. The maximum absolute atomic E-state index is 3.66. The van der Waals surface area contributed by atoms with Crippen LogP contribution in [0.1, 0.15) is 13.8 Å². The van der Waals surface area contributed by atoms with Crippen LogP contribution in [0.15, 0.2) is 12.5 Å². The molecule has 1 rings (SSSR count). The van der Waals surface area contributed by atoms with Crippen molar-refractivity contribution in [3.05, 3.63) is 25.1 Å². The van der Waals surface area contributed by atoms with E-state index in [1.54, 1.807) is 12.5 Å². The van der Waals surface area contributed by atoms with Gasteiger partial charge in [-0.15, -0.1) is 6.20 Å². The van der Waals surface area contributed by atoms with Crippen LogP contribution in [0, 0.1) is 12.6 Å². The Labute approximate surface area is 87.9 Å². The predicted molar refractivity (Wildman–Crippen MR) is 37.7 cm³/mol. The Kier molecular flexibility index (Phi) is 12.1. The zero-order valence-corrected chi connectivity index (χ0v) is 9.54. The number of hydrogen-bond donors (Lipinski definition) is 0. The van der Waals surface area contributed by atoms with Gasteiger partial charge >= 0.3 is 0 Å². The largest absolute Gasteiger partial charge is 0.442 e. The van der Waals surface area contributed by atoms with E-state index in [-0.39, 0.29) is 32.7 Å². The van der Waals surface area contributed by atoms with E-state index < -0.39 is 0 Å². The van der Waals surface area contributed by atoms with Crippen molar-refractivity contribution in [1.82, 2.24) is 9.55 Å². The summed E-state index contributed by atoms with van der Waals surface area (Å²) in [5.74, 6) is 0. The SMILES string of the molecule is C[CH-]C.Cn1c[c-]nc1.[Y]. The van der Waals surface area contributed by atoms with Crippen molar-refractivity contribution in [2.75, 3.05) is 0 Å². The fourth-order valence-corrected chi connectivity index (χ4v) is 0.282. The van der Waals surface area contributed by atoms with Crippen molar-refractivity contribution < 1.29 is 32.7 Å².